The maximum absolute atomic E-state index is 12.8. The van der Waals surface area contributed by atoms with Crippen molar-refractivity contribution >= 4 is 49.5 Å². The minimum Gasteiger partial charge on any atom is -0.352 e. The highest BCUT2D eigenvalue weighted by Gasteiger charge is 2.11. The van der Waals surface area contributed by atoms with Crippen molar-refractivity contribution in [2.24, 2.45) is 0 Å². The zero-order chi connectivity index (χ0) is 20.3. The van der Waals surface area contributed by atoms with Gasteiger partial charge in [0, 0.05) is 44.5 Å². The van der Waals surface area contributed by atoms with E-state index in [0.717, 1.165) is 32.4 Å². The first-order valence-corrected chi connectivity index (χ1v) is 9.85. The van der Waals surface area contributed by atoms with Crippen molar-refractivity contribution in [1.82, 2.24) is 5.32 Å². The lowest BCUT2D eigenvalue weighted by Crippen LogP contribution is -2.29. The van der Waals surface area contributed by atoms with Crippen LogP contribution in [-0.2, 0) is 9.59 Å². The molecule has 0 aliphatic rings. The van der Waals surface area contributed by atoms with Gasteiger partial charge >= 0.3 is 0 Å². The van der Waals surface area contributed by atoms with Gasteiger partial charge in [0.05, 0.1) is 0 Å². The highest BCUT2D eigenvalue weighted by Crippen LogP contribution is 2.28. The van der Waals surface area contributed by atoms with Crippen molar-refractivity contribution in [2.45, 2.75) is 20.3 Å². The van der Waals surface area contributed by atoms with Crippen LogP contribution in [0.1, 0.15) is 18.9 Å². The topological polar surface area (TPSA) is 66.5 Å². The van der Waals surface area contributed by atoms with E-state index in [1.165, 1.54) is 0 Å². The number of anilines is 1. The first-order valence-electron chi connectivity index (χ1n) is 9.03. The molecule has 3 rings (SSSR count). The van der Waals surface area contributed by atoms with Gasteiger partial charge in [0.25, 0.3) is 0 Å². The molecule has 2 aromatic carbocycles. The quantitative estimate of drug-likeness (QED) is 0.287. The fourth-order valence-electron chi connectivity index (χ4n) is 2.98. The predicted molar refractivity (Wildman–Crippen MR) is 116 cm³/mol. The molecule has 1 aromatic heterocycles. The molecule has 1 N–H and O–H groups in total. The van der Waals surface area contributed by atoms with Gasteiger partial charge in [-0.3, -0.25) is 14.4 Å². The molecule has 3 aromatic rings. The summed E-state index contributed by atoms with van der Waals surface area (Å²) in [6, 6.07) is 11.3. The number of nitrogens with zero attached hydrogens (tertiary/aromatic N) is 1. The first-order chi connectivity index (χ1) is 13.4. The molecule has 0 bridgehead atoms. The van der Waals surface area contributed by atoms with Crippen LogP contribution in [0.2, 0.25) is 0 Å². The third-order valence-corrected chi connectivity index (χ3v) is 5.65. The van der Waals surface area contributed by atoms with Gasteiger partial charge in [-0.25, -0.2) is 0 Å². The highest BCUT2D eigenvalue weighted by molar-refractivity contribution is 7.24. The van der Waals surface area contributed by atoms with Crippen LogP contribution in [0.5, 0.6) is 0 Å². The lowest BCUT2D eigenvalue weighted by Gasteiger charge is -2.18. The number of nitrogens with one attached hydrogen (secondary N) is 1. The monoisotopic (exact) mass is 394 g/mol. The van der Waals surface area contributed by atoms with Crippen molar-refractivity contribution in [3.05, 3.63) is 64.3 Å². The summed E-state index contributed by atoms with van der Waals surface area (Å²) >= 11 is 1.54. The summed E-state index contributed by atoms with van der Waals surface area (Å²) in [6.45, 7) is 8.14. The second kappa shape index (κ2) is 8.35. The van der Waals surface area contributed by atoms with Crippen molar-refractivity contribution in [3.63, 3.8) is 0 Å². The molecule has 0 aliphatic heterocycles. The van der Waals surface area contributed by atoms with E-state index in [4.69, 9.17) is 0 Å². The Kier molecular flexibility index (Phi) is 5.90. The van der Waals surface area contributed by atoms with Crippen LogP contribution in [0.25, 0.3) is 20.2 Å². The van der Waals surface area contributed by atoms with E-state index in [-0.39, 0.29) is 11.3 Å². The average molecular weight is 394 g/mol. The SMILES string of the molecule is C=C(C)C(=O)NCCCN(C=O)c1ccc2c(=O)c3cc(C)ccc3sc2c1. The van der Waals surface area contributed by atoms with Crippen molar-refractivity contribution in [1.29, 1.82) is 0 Å². The third kappa shape index (κ3) is 4.12. The van der Waals surface area contributed by atoms with Crippen LogP contribution >= 0.6 is 11.3 Å². The van der Waals surface area contributed by atoms with Crippen LogP contribution in [0, 0.1) is 6.92 Å². The van der Waals surface area contributed by atoms with Gasteiger partial charge in [0.15, 0.2) is 5.43 Å². The molecule has 0 unspecified atom stereocenters. The molecule has 0 saturated carbocycles. The van der Waals surface area contributed by atoms with Gasteiger partial charge in [-0.15, -0.1) is 11.3 Å². The molecular formula is C22H22N2O3S. The number of aryl methyl sites for hydroxylation is 1. The molecule has 0 radical (unpaired) electrons. The van der Waals surface area contributed by atoms with Gasteiger partial charge in [-0.1, -0.05) is 18.2 Å². The zero-order valence-corrected chi connectivity index (χ0v) is 16.8. The number of carbonyl (C=O) groups excluding carboxylic acids is 2. The summed E-state index contributed by atoms with van der Waals surface area (Å²) in [5, 5.41) is 4.14. The Balaban J connectivity index is 1.83. The first kappa shape index (κ1) is 19.8. The number of benzene rings is 2. The number of fused-ring (bicyclic) bond motifs is 2. The Hall–Kier alpha value is -2.99. The smallest absolute Gasteiger partial charge is 0.246 e. The Labute approximate surface area is 167 Å². The van der Waals surface area contributed by atoms with Gasteiger partial charge in [-0.2, -0.15) is 0 Å². The Morgan fingerprint density at radius 1 is 1.18 bits per heavy atom. The van der Waals surface area contributed by atoms with E-state index in [0.29, 0.717) is 30.5 Å². The standard InChI is InChI=1S/C22H22N2O3S/c1-14(2)22(27)23-9-4-10-24(13-25)16-6-7-17-20(12-16)28-19-8-5-15(3)11-18(19)21(17)26/h5-8,11-13H,1,4,9-10H2,2-3H3,(H,23,27). The molecule has 1 heterocycles. The minimum absolute atomic E-state index is 0.0131. The molecule has 2 amide bonds. The molecule has 0 aliphatic carbocycles. The van der Waals surface area contributed by atoms with E-state index >= 15 is 0 Å². The number of hydrogen-bond donors (Lipinski definition) is 1. The summed E-state index contributed by atoms with van der Waals surface area (Å²) in [5.74, 6) is -0.185. The highest BCUT2D eigenvalue weighted by atomic mass is 32.1. The largest absolute Gasteiger partial charge is 0.352 e. The summed E-state index contributed by atoms with van der Waals surface area (Å²) in [4.78, 5) is 37.5. The summed E-state index contributed by atoms with van der Waals surface area (Å²) in [5.41, 5.74) is 2.26. The molecule has 0 fully saturated rings. The molecule has 28 heavy (non-hydrogen) atoms. The predicted octanol–water partition coefficient (Wildman–Crippen LogP) is 3.77. The Morgan fingerprint density at radius 3 is 2.68 bits per heavy atom. The van der Waals surface area contributed by atoms with Crippen LogP contribution < -0.4 is 15.6 Å². The summed E-state index contributed by atoms with van der Waals surface area (Å²) in [7, 11) is 0. The second-order valence-corrected chi connectivity index (χ2v) is 7.88. The average Bonchev–Trinajstić information content (AvgIpc) is 2.68. The van der Waals surface area contributed by atoms with Crippen LogP contribution in [0.15, 0.2) is 53.3 Å². The minimum atomic E-state index is -0.185. The molecule has 0 spiro atoms. The van der Waals surface area contributed by atoms with Gasteiger partial charge in [-0.05, 0) is 50.6 Å². The van der Waals surface area contributed by atoms with Crippen LogP contribution in [0.4, 0.5) is 5.69 Å². The maximum Gasteiger partial charge on any atom is 0.246 e. The molecule has 5 nitrogen and oxygen atoms in total. The summed E-state index contributed by atoms with van der Waals surface area (Å²) < 4.78 is 1.78. The lowest BCUT2D eigenvalue weighted by molar-refractivity contribution is -0.117. The van der Waals surface area contributed by atoms with Gasteiger partial charge in [0.2, 0.25) is 12.3 Å². The normalized spacial score (nSPS) is 10.8. The Morgan fingerprint density at radius 2 is 1.96 bits per heavy atom. The van der Waals surface area contributed by atoms with E-state index in [9.17, 15) is 14.4 Å². The number of rotatable bonds is 7. The number of hydrogen-bond acceptors (Lipinski definition) is 4. The lowest BCUT2D eigenvalue weighted by atomic mass is 10.1. The van der Waals surface area contributed by atoms with Crippen LogP contribution in [-0.4, -0.2) is 25.4 Å². The van der Waals surface area contributed by atoms with E-state index in [1.54, 1.807) is 35.3 Å². The number of carbonyl (C=O) groups is 2. The molecule has 6 heteroatoms. The van der Waals surface area contributed by atoms with Crippen molar-refractivity contribution < 1.29 is 9.59 Å². The van der Waals surface area contributed by atoms with E-state index < -0.39 is 0 Å². The molecular weight excluding hydrogens is 372 g/mol. The molecule has 0 atom stereocenters. The zero-order valence-electron chi connectivity index (χ0n) is 16.0. The number of amides is 2. The van der Waals surface area contributed by atoms with Crippen LogP contribution in [0.3, 0.4) is 0 Å². The maximum atomic E-state index is 12.8. The Bertz CT molecular complexity index is 1130. The third-order valence-electron chi connectivity index (χ3n) is 4.52. The van der Waals surface area contributed by atoms with E-state index in [1.807, 2.05) is 31.2 Å². The van der Waals surface area contributed by atoms with E-state index in [2.05, 4.69) is 11.9 Å². The molecule has 144 valence electrons. The fraction of sp³-hybridized carbons (Fsp3) is 0.227. The summed E-state index contributed by atoms with van der Waals surface area (Å²) in [6.07, 6.45) is 1.39. The van der Waals surface area contributed by atoms with Crippen molar-refractivity contribution in [2.75, 3.05) is 18.0 Å². The second-order valence-electron chi connectivity index (χ2n) is 6.80. The van der Waals surface area contributed by atoms with Gasteiger partial charge < -0.3 is 10.2 Å². The molecule has 0 saturated heterocycles. The van der Waals surface area contributed by atoms with Crippen molar-refractivity contribution in [3.8, 4) is 0 Å². The van der Waals surface area contributed by atoms with Gasteiger partial charge in [0.1, 0.15) is 0 Å². The fourth-order valence-corrected chi connectivity index (χ4v) is 4.07.